The molecule has 0 radical (unpaired) electrons. The van der Waals surface area contributed by atoms with E-state index in [9.17, 15) is 14.4 Å². The summed E-state index contributed by atoms with van der Waals surface area (Å²) in [5.74, 6) is -0.698. The second-order valence-corrected chi connectivity index (χ2v) is 5.99. The van der Waals surface area contributed by atoms with Crippen molar-refractivity contribution in [3.05, 3.63) is 48.6 Å². The van der Waals surface area contributed by atoms with Gasteiger partial charge in [0.1, 0.15) is 5.41 Å². The molecule has 134 valence electrons. The lowest BCUT2D eigenvalue weighted by Gasteiger charge is -2.34. The Morgan fingerprint density at radius 2 is 2.04 bits per heavy atom. The number of hydrogen-bond donors (Lipinski definition) is 2. The Morgan fingerprint density at radius 1 is 1.36 bits per heavy atom. The lowest BCUT2D eigenvalue weighted by Crippen LogP contribution is -2.49. The van der Waals surface area contributed by atoms with Gasteiger partial charge < -0.3 is 20.3 Å². The van der Waals surface area contributed by atoms with E-state index in [0.717, 1.165) is 5.56 Å². The fraction of sp³-hybridized carbons (Fsp3) is 0.389. The monoisotopic (exact) mass is 345 g/mol. The molecule has 1 saturated heterocycles. The number of urea groups is 1. The van der Waals surface area contributed by atoms with Gasteiger partial charge in [0.2, 0.25) is 5.91 Å². The van der Waals surface area contributed by atoms with Crippen LogP contribution < -0.4 is 10.6 Å². The van der Waals surface area contributed by atoms with E-state index >= 15 is 0 Å². The molecule has 25 heavy (non-hydrogen) atoms. The molecule has 2 N–H and O–H groups in total. The quantitative estimate of drug-likeness (QED) is 0.600. The van der Waals surface area contributed by atoms with Gasteiger partial charge in [-0.2, -0.15) is 0 Å². The molecule has 1 aliphatic heterocycles. The molecule has 0 unspecified atom stereocenters. The van der Waals surface area contributed by atoms with E-state index in [1.165, 1.54) is 12.0 Å². The van der Waals surface area contributed by atoms with Crippen LogP contribution in [0.15, 0.2) is 43.0 Å². The van der Waals surface area contributed by atoms with Crippen molar-refractivity contribution in [2.24, 2.45) is 5.41 Å². The van der Waals surface area contributed by atoms with Gasteiger partial charge in [-0.05, 0) is 5.56 Å². The second kappa shape index (κ2) is 7.83. The van der Waals surface area contributed by atoms with Crippen LogP contribution in [0.4, 0.5) is 4.79 Å². The SMILES string of the molecule is C=CCNC(=O)NC[C@@]1(C(=O)OC)CC(=O)N(C)[C@@H]1c1ccccc1. The Balaban J connectivity index is 2.35. The molecule has 0 bridgehead atoms. The lowest BCUT2D eigenvalue weighted by molar-refractivity contribution is -0.154. The Labute approximate surface area is 147 Å². The van der Waals surface area contributed by atoms with Gasteiger partial charge in [-0.25, -0.2) is 4.79 Å². The normalized spacial score (nSPS) is 22.4. The van der Waals surface area contributed by atoms with Crippen LogP contribution in [0, 0.1) is 5.41 Å². The predicted octanol–water partition coefficient (Wildman–Crippen LogP) is 1.23. The van der Waals surface area contributed by atoms with Crippen molar-refractivity contribution in [3.63, 3.8) is 0 Å². The second-order valence-electron chi connectivity index (χ2n) is 5.99. The van der Waals surface area contributed by atoms with Crippen molar-refractivity contribution in [2.75, 3.05) is 27.2 Å². The van der Waals surface area contributed by atoms with Gasteiger partial charge in [0, 0.05) is 26.6 Å². The molecule has 1 aliphatic rings. The molecule has 0 aromatic heterocycles. The first kappa shape index (κ1) is 18.5. The predicted molar refractivity (Wildman–Crippen MR) is 92.6 cm³/mol. The number of amides is 3. The van der Waals surface area contributed by atoms with E-state index in [0.29, 0.717) is 6.54 Å². The Bertz CT molecular complexity index is 662. The number of esters is 1. The van der Waals surface area contributed by atoms with Crippen molar-refractivity contribution >= 4 is 17.9 Å². The number of benzene rings is 1. The van der Waals surface area contributed by atoms with Crippen LogP contribution in [0.25, 0.3) is 0 Å². The van der Waals surface area contributed by atoms with Crippen LogP contribution in [-0.4, -0.2) is 50.1 Å². The van der Waals surface area contributed by atoms with Gasteiger partial charge in [0.25, 0.3) is 0 Å². The molecule has 3 amide bonds. The third-order valence-electron chi connectivity index (χ3n) is 4.45. The molecule has 0 spiro atoms. The molecular formula is C18H23N3O4. The number of rotatable bonds is 6. The van der Waals surface area contributed by atoms with E-state index < -0.39 is 23.5 Å². The Morgan fingerprint density at radius 3 is 2.64 bits per heavy atom. The zero-order valence-corrected chi connectivity index (χ0v) is 14.5. The first-order valence-corrected chi connectivity index (χ1v) is 7.98. The highest BCUT2D eigenvalue weighted by Crippen LogP contribution is 2.47. The van der Waals surface area contributed by atoms with Crippen LogP contribution in [-0.2, 0) is 14.3 Å². The summed E-state index contributed by atoms with van der Waals surface area (Å²) in [4.78, 5) is 38.5. The maximum atomic E-state index is 12.6. The van der Waals surface area contributed by atoms with Crippen molar-refractivity contribution in [2.45, 2.75) is 12.5 Å². The van der Waals surface area contributed by atoms with Gasteiger partial charge in [-0.15, -0.1) is 6.58 Å². The first-order valence-electron chi connectivity index (χ1n) is 7.98. The zero-order chi connectivity index (χ0) is 18.4. The summed E-state index contributed by atoms with van der Waals surface area (Å²) in [5.41, 5.74) is -0.373. The lowest BCUT2D eigenvalue weighted by atomic mass is 9.76. The van der Waals surface area contributed by atoms with Gasteiger partial charge in [-0.3, -0.25) is 9.59 Å². The molecule has 1 heterocycles. The van der Waals surface area contributed by atoms with Crippen LogP contribution in [0.3, 0.4) is 0 Å². The Kier molecular flexibility index (Phi) is 5.80. The van der Waals surface area contributed by atoms with Crippen molar-refractivity contribution in [1.29, 1.82) is 0 Å². The number of nitrogens with zero attached hydrogens (tertiary/aromatic N) is 1. The number of hydrogen-bond acceptors (Lipinski definition) is 4. The highest BCUT2D eigenvalue weighted by Gasteiger charge is 2.57. The number of methoxy groups -OCH3 is 1. The van der Waals surface area contributed by atoms with Gasteiger partial charge in [0.05, 0.1) is 13.2 Å². The van der Waals surface area contributed by atoms with Crippen molar-refractivity contribution in [3.8, 4) is 0 Å². The molecule has 0 saturated carbocycles. The van der Waals surface area contributed by atoms with E-state index in [4.69, 9.17) is 4.74 Å². The molecule has 1 fully saturated rings. The topological polar surface area (TPSA) is 87.7 Å². The average molecular weight is 345 g/mol. The maximum absolute atomic E-state index is 12.6. The molecular weight excluding hydrogens is 322 g/mol. The van der Waals surface area contributed by atoms with Crippen molar-refractivity contribution in [1.82, 2.24) is 15.5 Å². The first-order chi connectivity index (χ1) is 12.0. The van der Waals surface area contributed by atoms with Gasteiger partial charge in [0.15, 0.2) is 0 Å². The number of ether oxygens (including phenoxy) is 1. The minimum absolute atomic E-state index is 0.0156. The molecule has 1 aromatic rings. The number of carbonyl (C=O) groups excluding carboxylic acids is 3. The summed E-state index contributed by atoms with van der Waals surface area (Å²) in [6.07, 6.45) is 1.52. The summed E-state index contributed by atoms with van der Waals surface area (Å²) in [7, 11) is 2.94. The van der Waals surface area contributed by atoms with Crippen LogP contribution in [0.2, 0.25) is 0 Å². The third-order valence-corrected chi connectivity index (χ3v) is 4.45. The zero-order valence-electron chi connectivity index (χ0n) is 14.5. The van der Waals surface area contributed by atoms with Crippen LogP contribution in [0.1, 0.15) is 18.0 Å². The molecule has 2 atom stereocenters. The number of carbonyl (C=O) groups is 3. The van der Waals surface area contributed by atoms with Gasteiger partial charge in [-0.1, -0.05) is 36.4 Å². The van der Waals surface area contributed by atoms with Crippen molar-refractivity contribution < 1.29 is 19.1 Å². The minimum atomic E-state index is -1.19. The van der Waals surface area contributed by atoms with E-state index in [-0.39, 0.29) is 18.9 Å². The van der Waals surface area contributed by atoms with Gasteiger partial charge >= 0.3 is 12.0 Å². The molecule has 0 aliphatic carbocycles. The molecule has 7 nitrogen and oxygen atoms in total. The largest absolute Gasteiger partial charge is 0.468 e. The van der Waals surface area contributed by atoms with E-state index in [1.807, 2.05) is 30.3 Å². The highest BCUT2D eigenvalue weighted by atomic mass is 16.5. The summed E-state index contributed by atoms with van der Waals surface area (Å²) < 4.78 is 4.99. The molecule has 2 rings (SSSR count). The maximum Gasteiger partial charge on any atom is 0.316 e. The fourth-order valence-electron chi connectivity index (χ4n) is 3.27. The van der Waals surface area contributed by atoms with Crippen LogP contribution in [0.5, 0.6) is 0 Å². The summed E-state index contributed by atoms with van der Waals surface area (Å²) in [6.45, 7) is 3.82. The summed E-state index contributed by atoms with van der Waals surface area (Å²) in [5, 5.41) is 5.27. The highest BCUT2D eigenvalue weighted by molar-refractivity contribution is 5.91. The summed E-state index contributed by atoms with van der Waals surface area (Å²) in [6, 6.07) is 8.31. The fourth-order valence-corrected chi connectivity index (χ4v) is 3.27. The third kappa shape index (κ3) is 3.65. The number of likely N-dealkylation sites (tertiary alicyclic amines) is 1. The van der Waals surface area contributed by atoms with E-state index in [1.54, 1.807) is 13.1 Å². The minimum Gasteiger partial charge on any atom is -0.468 e. The average Bonchev–Trinajstić information content (AvgIpc) is 2.89. The smallest absolute Gasteiger partial charge is 0.316 e. The number of nitrogens with one attached hydrogen (secondary N) is 2. The molecule has 7 heteroatoms. The van der Waals surface area contributed by atoms with Crippen LogP contribution >= 0.6 is 0 Å². The summed E-state index contributed by atoms with van der Waals surface area (Å²) >= 11 is 0. The van der Waals surface area contributed by atoms with E-state index in [2.05, 4.69) is 17.2 Å². The standard InChI is InChI=1S/C18H23N3O4/c1-4-10-19-17(24)20-12-18(16(23)25-3)11-14(22)21(2)15(18)13-8-6-5-7-9-13/h4-9,15H,1,10-12H2,2-3H3,(H2,19,20,24)/t15-,18+/m1/s1. The Hall–Kier alpha value is -2.83. The molecule has 1 aromatic carbocycles.